The molecule has 0 saturated carbocycles. The summed E-state index contributed by atoms with van der Waals surface area (Å²) in [5.41, 5.74) is 8.43. The van der Waals surface area contributed by atoms with Gasteiger partial charge < -0.3 is 21.1 Å². The Morgan fingerprint density at radius 1 is 0.864 bits per heavy atom. The summed E-state index contributed by atoms with van der Waals surface area (Å²) < 4.78 is 0.730. The number of anilines is 2. The highest BCUT2D eigenvalue weighted by atomic mass is 16.7. The van der Waals surface area contributed by atoms with Gasteiger partial charge in [0.2, 0.25) is 0 Å². The molecule has 0 aromatic carbocycles. The van der Waals surface area contributed by atoms with Crippen LogP contribution in [0.25, 0.3) is 0 Å². The average Bonchev–Trinajstić information content (AvgIpc) is 2.44. The Labute approximate surface area is 120 Å². The van der Waals surface area contributed by atoms with Crippen molar-refractivity contribution >= 4 is 23.6 Å². The van der Waals surface area contributed by atoms with Crippen molar-refractivity contribution in [3.63, 3.8) is 0 Å². The summed E-state index contributed by atoms with van der Waals surface area (Å²) in [6.45, 7) is 0. The zero-order chi connectivity index (χ0) is 16.3. The molecule has 0 fully saturated rings. The summed E-state index contributed by atoms with van der Waals surface area (Å²) in [5.74, 6) is -3.34. The predicted octanol–water partition coefficient (Wildman–Crippen LogP) is -3.42. The fourth-order valence-corrected chi connectivity index (χ4v) is 1.20. The van der Waals surface area contributed by atoms with Crippen molar-refractivity contribution in [3.05, 3.63) is 45.5 Å². The van der Waals surface area contributed by atoms with Crippen LogP contribution in [0.5, 0.6) is 0 Å². The van der Waals surface area contributed by atoms with E-state index in [4.69, 9.17) is 11.5 Å². The Morgan fingerprint density at radius 2 is 1.23 bits per heavy atom. The Morgan fingerprint density at radius 3 is 1.55 bits per heavy atom. The van der Waals surface area contributed by atoms with Crippen molar-refractivity contribution in [2.75, 3.05) is 11.5 Å². The zero-order valence-corrected chi connectivity index (χ0v) is 10.7. The van der Waals surface area contributed by atoms with Crippen molar-refractivity contribution < 1.29 is 19.3 Å². The van der Waals surface area contributed by atoms with Gasteiger partial charge in [0, 0.05) is 12.1 Å². The minimum Gasteiger partial charge on any atom is -0.383 e. The molecular formula is C10H8N6O6. The highest BCUT2D eigenvalue weighted by Gasteiger charge is 2.21. The molecule has 12 nitrogen and oxygen atoms in total. The molecule has 12 heteroatoms. The van der Waals surface area contributed by atoms with Crippen molar-refractivity contribution in [1.29, 1.82) is 0 Å². The Hall–Kier alpha value is -3.70. The first-order valence-electron chi connectivity index (χ1n) is 5.52. The van der Waals surface area contributed by atoms with Crippen molar-refractivity contribution in [2.45, 2.75) is 0 Å². The van der Waals surface area contributed by atoms with E-state index in [2.05, 4.69) is 19.6 Å². The molecule has 0 aliphatic rings. The molecule has 0 aliphatic carbocycles. The van der Waals surface area contributed by atoms with Crippen molar-refractivity contribution in [1.82, 2.24) is 19.4 Å². The number of rotatable bonds is 2. The molecule has 0 saturated heterocycles. The minimum atomic E-state index is -1.57. The van der Waals surface area contributed by atoms with Crippen LogP contribution in [0.2, 0.25) is 0 Å². The van der Waals surface area contributed by atoms with E-state index in [1.54, 1.807) is 0 Å². The van der Waals surface area contributed by atoms with Gasteiger partial charge in [-0.15, -0.1) is 9.46 Å². The van der Waals surface area contributed by atoms with Crippen LogP contribution in [0.15, 0.2) is 34.1 Å². The van der Waals surface area contributed by atoms with E-state index in [-0.39, 0.29) is 11.6 Å². The number of aromatic nitrogens is 4. The highest BCUT2D eigenvalue weighted by molar-refractivity contribution is 6.29. The number of nitrogens with zero attached hydrogens (tertiary/aromatic N) is 4. The largest absolute Gasteiger partial charge is 0.444 e. The van der Waals surface area contributed by atoms with Gasteiger partial charge in [-0.05, 0) is 0 Å². The third-order valence-corrected chi connectivity index (χ3v) is 2.12. The smallest absolute Gasteiger partial charge is 0.383 e. The van der Waals surface area contributed by atoms with Gasteiger partial charge in [-0.1, -0.05) is 0 Å². The van der Waals surface area contributed by atoms with Gasteiger partial charge in [0.25, 0.3) is 0 Å². The second-order valence-corrected chi connectivity index (χ2v) is 3.68. The fourth-order valence-electron chi connectivity index (χ4n) is 1.20. The lowest BCUT2D eigenvalue weighted by Gasteiger charge is -2.06. The first-order valence-corrected chi connectivity index (χ1v) is 5.52. The van der Waals surface area contributed by atoms with E-state index >= 15 is 0 Å². The van der Waals surface area contributed by atoms with Gasteiger partial charge in [0.15, 0.2) is 0 Å². The average molecular weight is 308 g/mol. The van der Waals surface area contributed by atoms with E-state index in [0.29, 0.717) is 9.46 Å². The van der Waals surface area contributed by atoms with Crippen LogP contribution in [-0.4, -0.2) is 31.4 Å². The molecule has 2 aromatic rings. The van der Waals surface area contributed by atoms with Crippen LogP contribution in [-0.2, 0) is 9.59 Å². The van der Waals surface area contributed by atoms with Crippen LogP contribution in [0.1, 0.15) is 0 Å². The molecule has 0 amide bonds. The van der Waals surface area contributed by atoms with Gasteiger partial charge >= 0.3 is 23.3 Å². The molecule has 0 aliphatic heterocycles. The first kappa shape index (κ1) is 14.7. The van der Waals surface area contributed by atoms with Gasteiger partial charge in [-0.3, -0.25) is 0 Å². The topological polar surface area (TPSA) is 174 Å². The van der Waals surface area contributed by atoms with Crippen LogP contribution >= 0.6 is 0 Å². The predicted molar refractivity (Wildman–Crippen MR) is 69.0 cm³/mol. The second kappa shape index (κ2) is 5.74. The summed E-state index contributed by atoms with van der Waals surface area (Å²) in [7, 11) is 0. The van der Waals surface area contributed by atoms with E-state index in [0.717, 1.165) is 24.5 Å². The van der Waals surface area contributed by atoms with Crippen LogP contribution in [0.4, 0.5) is 11.6 Å². The number of nitrogen functional groups attached to an aromatic ring is 2. The molecule has 2 aromatic heterocycles. The fraction of sp³-hybridized carbons (Fsp3) is 0. The molecule has 0 spiro atoms. The number of nitrogens with two attached hydrogens (primary N) is 2. The van der Waals surface area contributed by atoms with E-state index in [1.807, 2.05) is 0 Å². The normalized spacial score (nSPS) is 10.0. The second-order valence-electron chi connectivity index (χ2n) is 3.68. The lowest BCUT2D eigenvalue weighted by molar-refractivity contribution is -0.168. The Kier molecular flexibility index (Phi) is 3.84. The van der Waals surface area contributed by atoms with Gasteiger partial charge in [0.1, 0.15) is 11.6 Å². The first-order chi connectivity index (χ1) is 10.4. The summed E-state index contributed by atoms with van der Waals surface area (Å²) in [6, 6.07) is 2.32. The maximum absolute atomic E-state index is 11.5. The molecule has 114 valence electrons. The molecule has 4 N–H and O–H groups in total. The Balaban J connectivity index is 2.11. The van der Waals surface area contributed by atoms with Gasteiger partial charge in [-0.25, -0.2) is 19.2 Å². The van der Waals surface area contributed by atoms with E-state index in [1.165, 1.54) is 0 Å². The monoisotopic (exact) mass is 308 g/mol. The SMILES string of the molecule is Nc1ccn(OC(=O)C(=O)On2ccc(N)nc2=O)c(=O)n1. The van der Waals surface area contributed by atoms with Crippen LogP contribution in [0.3, 0.4) is 0 Å². The van der Waals surface area contributed by atoms with Crippen molar-refractivity contribution in [3.8, 4) is 0 Å². The molecule has 0 bridgehead atoms. The van der Waals surface area contributed by atoms with Crippen molar-refractivity contribution in [2.24, 2.45) is 0 Å². The zero-order valence-electron chi connectivity index (χ0n) is 10.7. The summed E-state index contributed by atoms with van der Waals surface area (Å²) in [6.07, 6.45) is 1.96. The van der Waals surface area contributed by atoms with Gasteiger partial charge in [0.05, 0.1) is 12.4 Å². The third kappa shape index (κ3) is 3.24. The number of hydrogen-bond acceptors (Lipinski definition) is 10. The maximum atomic E-state index is 11.5. The minimum absolute atomic E-state index is 0.0978. The van der Waals surface area contributed by atoms with Crippen LogP contribution in [0, 0.1) is 0 Å². The quantitative estimate of drug-likeness (QED) is 0.531. The number of carbonyl (C=O) groups is 2. The maximum Gasteiger partial charge on any atom is 0.444 e. The molecule has 2 rings (SSSR count). The van der Waals surface area contributed by atoms with Crippen LogP contribution < -0.4 is 32.5 Å². The summed E-state index contributed by atoms with van der Waals surface area (Å²) >= 11 is 0. The number of carbonyl (C=O) groups excluding carboxylic acids is 2. The van der Waals surface area contributed by atoms with Gasteiger partial charge in [-0.2, -0.15) is 9.97 Å². The molecule has 2 heterocycles. The number of hydrogen-bond donors (Lipinski definition) is 2. The highest BCUT2D eigenvalue weighted by Crippen LogP contribution is 1.89. The van der Waals surface area contributed by atoms with E-state index in [9.17, 15) is 19.2 Å². The molecule has 22 heavy (non-hydrogen) atoms. The third-order valence-electron chi connectivity index (χ3n) is 2.12. The summed E-state index contributed by atoms with van der Waals surface area (Å²) in [5, 5.41) is 0. The standard InChI is InChI=1S/C10H8N6O6/c11-5-1-3-15(9(19)13-5)21-7(17)8(18)22-16-4-2-6(12)14-10(16)20/h1-4H,(H2,11,13,19)(H2,12,14,20). The van der Waals surface area contributed by atoms with E-state index < -0.39 is 23.3 Å². The summed E-state index contributed by atoms with van der Waals surface area (Å²) in [4.78, 5) is 60.9. The molecule has 0 atom stereocenters. The molecule has 0 radical (unpaired) electrons. The molecular weight excluding hydrogens is 300 g/mol. The molecule has 0 unspecified atom stereocenters. The lowest BCUT2D eigenvalue weighted by atomic mass is 10.6. The Bertz CT molecular complexity index is 784. The lowest BCUT2D eigenvalue weighted by Crippen LogP contribution is -2.41.